The number of nitrogens with two attached hydrogens (primary N) is 1. The summed E-state index contributed by atoms with van der Waals surface area (Å²) in [5.41, 5.74) is 6.49. The molecular formula is C14H20N2O4. The van der Waals surface area contributed by atoms with Crippen molar-refractivity contribution in [2.75, 3.05) is 0 Å². The first kappa shape index (κ1) is 16.0. The molecule has 1 rings (SSSR count). The Bertz CT molecular complexity index is 434. The topological polar surface area (TPSA) is 90.7 Å². The Morgan fingerprint density at radius 3 is 2.45 bits per heavy atom. The van der Waals surface area contributed by atoms with Crippen molar-refractivity contribution in [2.24, 2.45) is 11.7 Å². The van der Waals surface area contributed by atoms with Gasteiger partial charge in [-0.2, -0.15) is 0 Å². The molecule has 0 aliphatic rings. The van der Waals surface area contributed by atoms with Gasteiger partial charge in [0, 0.05) is 6.54 Å². The Hall–Kier alpha value is -2.08. The summed E-state index contributed by atoms with van der Waals surface area (Å²) in [6, 6.07) is 8.49. The number of rotatable bonds is 5. The third-order valence-corrected chi connectivity index (χ3v) is 2.51. The monoisotopic (exact) mass is 280 g/mol. The van der Waals surface area contributed by atoms with Gasteiger partial charge in [-0.15, -0.1) is 0 Å². The van der Waals surface area contributed by atoms with Crippen molar-refractivity contribution < 1.29 is 19.4 Å². The van der Waals surface area contributed by atoms with E-state index in [0.717, 1.165) is 5.56 Å². The quantitative estimate of drug-likeness (QED) is 0.633. The molecule has 0 aromatic heterocycles. The van der Waals surface area contributed by atoms with Crippen molar-refractivity contribution in [1.29, 1.82) is 0 Å². The number of hydrogen-bond donors (Lipinski definition) is 2. The van der Waals surface area contributed by atoms with Crippen LogP contribution in [0.1, 0.15) is 25.8 Å². The van der Waals surface area contributed by atoms with Crippen molar-refractivity contribution in [3.8, 4) is 0 Å². The number of carbonyl (C=O) groups excluding carboxylic acids is 2. The Kier molecular flexibility index (Phi) is 6.52. The Morgan fingerprint density at radius 2 is 1.85 bits per heavy atom. The van der Waals surface area contributed by atoms with Crippen LogP contribution in [0.3, 0.4) is 0 Å². The Morgan fingerprint density at radius 1 is 1.20 bits per heavy atom. The molecule has 1 aromatic rings. The highest BCUT2D eigenvalue weighted by Crippen LogP contribution is 2.04. The molecule has 110 valence electrons. The third kappa shape index (κ3) is 6.19. The average Bonchev–Trinajstić information content (AvgIpc) is 2.42. The minimum Gasteiger partial charge on any atom is -0.318 e. The van der Waals surface area contributed by atoms with E-state index in [1.165, 1.54) is 0 Å². The largest absolute Gasteiger partial charge is 0.450 e. The van der Waals surface area contributed by atoms with E-state index in [2.05, 4.69) is 15.1 Å². The second-order valence-corrected chi connectivity index (χ2v) is 4.85. The van der Waals surface area contributed by atoms with Crippen LogP contribution in [0.4, 0.5) is 4.79 Å². The average molecular weight is 280 g/mol. The third-order valence-electron chi connectivity index (χ3n) is 2.51. The summed E-state index contributed by atoms with van der Waals surface area (Å²) in [4.78, 5) is 31.4. The first-order valence-electron chi connectivity index (χ1n) is 6.44. The van der Waals surface area contributed by atoms with Crippen LogP contribution >= 0.6 is 0 Å². The Balaban J connectivity index is 2.24. The molecule has 6 heteroatoms. The highest BCUT2D eigenvalue weighted by atomic mass is 17.2. The lowest BCUT2D eigenvalue weighted by Crippen LogP contribution is -2.35. The van der Waals surface area contributed by atoms with Gasteiger partial charge >= 0.3 is 12.1 Å². The molecule has 0 spiro atoms. The van der Waals surface area contributed by atoms with Gasteiger partial charge in [-0.05, 0) is 17.9 Å². The van der Waals surface area contributed by atoms with Gasteiger partial charge in [0.25, 0.3) is 0 Å². The molecule has 0 aliphatic heterocycles. The second kappa shape index (κ2) is 8.16. The van der Waals surface area contributed by atoms with Crippen LogP contribution in [0.25, 0.3) is 0 Å². The first-order chi connectivity index (χ1) is 9.49. The zero-order valence-electron chi connectivity index (χ0n) is 11.7. The van der Waals surface area contributed by atoms with Gasteiger partial charge in [-0.1, -0.05) is 44.2 Å². The lowest BCUT2D eigenvalue weighted by atomic mass is 10.1. The number of amides is 1. The lowest BCUT2D eigenvalue weighted by Gasteiger charge is -2.11. The zero-order chi connectivity index (χ0) is 15.0. The van der Waals surface area contributed by atoms with Gasteiger partial charge in [0.2, 0.25) is 0 Å². The molecule has 1 amide bonds. The van der Waals surface area contributed by atoms with Crippen molar-refractivity contribution in [3.05, 3.63) is 35.9 Å². The zero-order valence-corrected chi connectivity index (χ0v) is 11.7. The number of nitrogens with one attached hydrogen (secondary N) is 1. The minimum atomic E-state index is -0.834. The highest BCUT2D eigenvalue weighted by Gasteiger charge is 2.19. The van der Waals surface area contributed by atoms with E-state index in [9.17, 15) is 9.59 Å². The van der Waals surface area contributed by atoms with E-state index in [1.54, 1.807) is 0 Å². The predicted molar refractivity (Wildman–Crippen MR) is 73.3 cm³/mol. The summed E-state index contributed by atoms with van der Waals surface area (Å²) in [6.07, 6.45) is -0.368. The Labute approximate surface area is 118 Å². The number of carbonyl (C=O) groups is 2. The van der Waals surface area contributed by atoms with E-state index in [4.69, 9.17) is 5.73 Å². The van der Waals surface area contributed by atoms with Crippen LogP contribution in [0, 0.1) is 5.92 Å². The standard InChI is InChI=1S/C14H20N2O4/c1-10(2)8-12(15)13(17)19-20-14(18)16-9-11-6-4-3-5-7-11/h3-7,10,12H,8-9,15H2,1-2H3,(H,16,18)/t12-/m0/s1. The number of benzene rings is 1. The summed E-state index contributed by atoms with van der Waals surface area (Å²) in [5.74, 6) is -0.502. The molecular weight excluding hydrogens is 260 g/mol. The maximum Gasteiger partial charge on any atom is 0.450 e. The first-order valence-corrected chi connectivity index (χ1v) is 6.44. The van der Waals surface area contributed by atoms with E-state index >= 15 is 0 Å². The molecule has 3 N–H and O–H groups in total. The lowest BCUT2D eigenvalue weighted by molar-refractivity contribution is -0.234. The smallest absolute Gasteiger partial charge is 0.318 e. The van der Waals surface area contributed by atoms with Crippen LogP contribution in [-0.2, 0) is 21.1 Å². The second-order valence-electron chi connectivity index (χ2n) is 4.85. The molecule has 20 heavy (non-hydrogen) atoms. The molecule has 0 radical (unpaired) electrons. The van der Waals surface area contributed by atoms with Crippen LogP contribution in [0.5, 0.6) is 0 Å². The van der Waals surface area contributed by atoms with Gasteiger partial charge in [-0.3, -0.25) is 0 Å². The van der Waals surface area contributed by atoms with Gasteiger partial charge < -0.3 is 11.1 Å². The van der Waals surface area contributed by atoms with E-state index in [-0.39, 0.29) is 12.5 Å². The fraction of sp³-hybridized carbons (Fsp3) is 0.429. The van der Waals surface area contributed by atoms with Gasteiger partial charge in [0.05, 0.1) is 0 Å². The summed E-state index contributed by atoms with van der Waals surface area (Å²) in [6.45, 7) is 4.15. The van der Waals surface area contributed by atoms with Crippen molar-refractivity contribution >= 4 is 12.1 Å². The fourth-order valence-electron chi connectivity index (χ4n) is 1.54. The molecule has 1 atom stereocenters. The van der Waals surface area contributed by atoms with Gasteiger partial charge in [-0.25, -0.2) is 19.4 Å². The van der Waals surface area contributed by atoms with E-state index in [0.29, 0.717) is 6.42 Å². The molecule has 0 bridgehead atoms. The minimum absolute atomic E-state index is 0.254. The van der Waals surface area contributed by atoms with E-state index < -0.39 is 18.1 Å². The number of hydrogen-bond acceptors (Lipinski definition) is 5. The van der Waals surface area contributed by atoms with Crippen molar-refractivity contribution in [2.45, 2.75) is 32.9 Å². The molecule has 0 fully saturated rings. The molecule has 0 aliphatic carbocycles. The van der Waals surface area contributed by atoms with Gasteiger partial charge in [0.15, 0.2) is 0 Å². The predicted octanol–water partition coefficient (Wildman–Crippen LogP) is 1.74. The molecule has 0 heterocycles. The summed E-state index contributed by atoms with van der Waals surface area (Å²) in [7, 11) is 0. The summed E-state index contributed by atoms with van der Waals surface area (Å²) < 4.78 is 0. The summed E-state index contributed by atoms with van der Waals surface area (Å²) >= 11 is 0. The fourth-order valence-corrected chi connectivity index (χ4v) is 1.54. The SMILES string of the molecule is CC(C)C[C@H](N)C(=O)OOC(=O)NCc1ccccc1. The summed E-state index contributed by atoms with van der Waals surface area (Å²) in [5, 5.41) is 2.45. The maximum atomic E-state index is 11.4. The molecule has 0 saturated carbocycles. The van der Waals surface area contributed by atoms with E-state index in [1.807, 2.05) is 44.2 Å². The van der Waals surface area contributed by atoms with Crippen LogP contribution in [0.2, 0.25) is 0 Å². The van der Waals surface area contributed by atoms with Crippen molar-refractivity contribution in [1.82, 2.24) is 5.32 Å². The van der Waals surface area contributed by atoms with Gasteiger partial charge in [0.1, 0.15) is 6.04 Å². The van der Waals surface area contributed by atoms with Crippen LogP contribution in [0.15, 0.2) is 30.3 Å². The molecule has 1 aromatic carbocycles. The maximum absolute atomic E-state index is 11.4. The van der Waals surface area contributed by atoms with Crippen LogP contribution < -0.4 is 11.1 Å². The molecule has 6 nitrogen and oxygen atoms in total. The highest BCUT2D eigenvalue weighted by molar-refractivity contribution is 5.76. The van der Waals surface area contributed by atoms with Crippen LogP contribution in [-0.4, -0.2) is 18.1 Å². The van der Waals surface area contributed by atoms with Crippen molar-refractivity contribution in [3.63, 3.8) is 0 Å². The molecule has 0 unspecified atom stereocenters. The molecule has 0 saturated heterocycles. The normalized spacial score (nSPS) is 11.8.